The second-order valence-electron chi connectivity index (χ2n) is 6.14. The molecule has 15 heavy (non-hydrogen) atoms. The predicted octanol–water partition coefficient (Wildman–Crippen LogP) is 2.48. The van der Waals surface area contributed by atoms with Crippen molar-refractivity contribution in [1.82, 2.24) is 4.90 Å². The molecular weight excluding hydrogens is 184 g/mol. The van der Waals surface area contributed by atoms with Gasteiger partial charge in [0, 0.05) is 12.6 Å². The molecule has 1 saturated heterocycles. The van der Waals surface area contributed by atoms with Crippen LogP contribution in [0, 0.1) is 11.3 Å². The van der Waals surface area contributed by atoms with E-state index in [1.54, 1.807) is 0 Å². The van der Waals surface area contributed by atoms with Gasteiger partial charge in [0.1, 0.15) is 0 Å². The van der Waals surface area contributed by atoms with Crippen LogP contribution in [0.4, 0.5) is 0 Å². The molecule has 0 bridgehead atoms. The zero-order valence-corrected chi connectivity index (χ0v) is 10.9. The smallest absolute Gasteiger partial charge is 0.00671 e. The lowest BCUT2D eigenvalue weighted by Crippen LogP contribution is -2.43. The van der Waals surface area contributed by atoms with E-state index in [4.69, 9.17) is 5.73 Å². The Morgan fingerprint density at radius 2 is 1.93 bits per heavy atom. The third-order valence-electron chi connectivity index (χ3n) is 3.88. The van der Waals surface area contributed by atoms with Crippen LogP contribution in [0.2, 0.25) is 0 Å². The number of piperidine rings is 1. The molecule has 0 spiro atoms. The van der Waals surface area contributed by atoms with Crippen molar-refractivity contribution in [3.05, 3.63) is 0 Å². The van der Waals surface area contributed by atoms with E-state index in [2.05, 4.69) is 32.6 Å². The number of hydrogen-bond acceptors (Lipinski definition) is 2. The van der Waals surface area contributed by atoms with E-state index >= 15 is 0 Å². The number of nitrogens with two attached hydrogens (primary N) is 1. The highest BCUT2D eigenvalue weighted by molar-refractivity contribution is 4.79. The first-order chi connectivity index (χ1) is 6.94. The van der Waals surface area contributed by atoms with Crippen molar-refractivity contribution in [2.24, 2.45) is 17.1 Å². The second kappa shape index (κ2) is 5.31. The van der Waals surface area contributed by atoms with Crippen LogP contribution in [0.25, 0.3) is 0 Å². The Bertz CT molecular complexity index is 189. The first kappa shape index (κ1) is 13.0. The summed E-state index contributed by atoms with van der Waals surface area (Å²) in [6.45, 7) is 12.6. The molecule has 0 saturated carbocycles. The predicted molar refractivity (Wildman–Crippen MR) is 66.9 cm³/mol. The van der Waals surface area contributed by atoms with Crippen LogP contribution in [-0.2, 0) is 0 Å². The van der Waals surface area contributed by atoms with Gasteiger partial charge >= 0.3 is 0 Å². The summed E-state index contributed by atoms with van der Waals surface area (Å²) >= 11 is 0. The average Bonchev–Trinajstić information content (AvgIpc) is 2.20. The van der Waals surface area contributed by atoms with E-state index < -0.39 is 0 Å². The van der Waals surface area contributed by atoms with E-state index in [0.717, 1.165) is 18.5 Å². The maximum atomic E-state index is 5.77. The molecule has 90 valence electrons. The minimum atomic E-state index is 0.306. The summed E-state index contributed by atoms with van der Waals surface area (Å²) in [6.07, 6.45) is 3.99. The summed E-state index contributed by atoms with van der Waals surface area (Å²) in [4.78, 5) is 2.64. The van der Waals surface area contributed by atoms with Gasteiger partial charge in [-0.1, -0.05) is 20.8 Å². The topological polar surface area (TPSA) is 29.3 Å². The molecule has 2 atom stereocenters. The number of hydrogen-bond donors (Lipinski definition) is 1. The van der Waals surface area contributed by atoms with Crippen LogP contribution in [0.1, 0.15) is 47.0 Å². The monoisotopic (exact) mass is 212 g/mol. The third-order valence-corrected chi connectivity index (χ3v) is 3.88. The normalized spacial score (nSPS) is 29.4. The highest BCUT2D eigenvalue weighted by Crippen LogP contribution is 2.24. The Labute approximate surface area is 95.2 Å². The van der Waals surface area contributed by atoms with E-state index in [9.17, 15) is 0 Å². The van der Waals surface area contributed by atoms with Crippen molar-refractivity contribution in [2.75, 3.05) is 19.6 Å². The van der Waals surface area contributed by atoms with Crippen molar-refractivity contribution in [3.63, 3.8) is 0 Å². The van der Waals surface area contributed by atoms with Gasteiger partial charge in [-0.15, -0.1) is 0 Å². The molecule has 0 aromatic carbocycles. The highest BCUT2D eigenvalue weighted by atomic mass is 15.2. The maximum absolute atomic E-state index is 5.77. The molecule has 1 rings (SSSR count). The fourth-order valence-electron chi connectivity index (χ4n) is 2.24. The van der Waals surface area contributed by atoms with Crippen LogP contribution >= 0.6 is 0 Å². The third kappa shape index (κ3) is 4.12. The van der Waals surface area contributed by atoms with Gasteiger partial charge in [0.05, 0.1) is 0 Å². The van der Waals surface area contributed by atoms with Gasteiger partial charge in [0.25, 0.3) is 0 Å². The average molecular weight is 212 g/mol. The number of rotatable bonds is 4. The summed E-state index contributed by atoms with van der Waals surface area (Å²) in [5, 5.41) is 0. The molecule has 0 aromatic rings. The number of nitrogens with zero attached hydrogens (tertiary/aromatic N) is 1. The van der Waals surface area contributed by atoms with Gasteiger partial charge < -0.3 is 10.6 Å². The van der Waals surface area contributed by atoms with Crippen LogP contribution in [0.15, 0.2) is 0 Å². The zero-order valence-electron chi connectivity index (χ0n) is 10.9. The fourth-order valence-corrected chi connectivity index (χ4v) is 2.24. The summed E-state index contributed by atoms with van der Waals surface area (Å²) in [6, 6.07) is 0.773. The molecule has 0 aliphatic carbocycles. The van der Waals surface area contributed by atoms with Crippen molar-refractivity contribution < 1.29 is 0 Å². The highest BCUT2D eigenvalue weighted by Gasteiger charge is 2.24. The van der Waals surface area contributed by atoms with Crippen molar-refractivity contribution >= 4 is 0 Å². The quantitative estimate of drug-likeness (QED) is 0.776. The van der Waals surface area contributed by atoms with E-state index in [1.807, 2.05) is 0 Å². The van der Waals surface area contributed by atoms with Crippen molar-refractivity contribution in [3.8, 4) is 0 Å². The van der Waals surface area contributed by atoms with Gasteiger partial charge in [-0.05, 0) is 50.6 Å². The van der Waals surface area contributed by atoms with Gasteiger partial charge in [-0.25, -0.2) is 0 Å². The SMILES string of the molecule is CC1CCC(C)N(CCC(C)(C)CN)C1. The molecule has 2 nitrogen and oxygen atoms in total. The summed E-state index contributed by atoms with van der Waals surface area (Å²) in [7, 11) is 0. The molecule has 1 aliphatic heterocycles. The van der Waals surface area contributed by atoms with Crippen LogP contribution in [0.5, 0.6) is 0 Å². The van der Waals surface area contributed by atoms with Gasteiger partial charge in [-0.3, -0.25) is 0 Å². The first-order valence-corrected chi connectivity index (χ1v) is 6.39. The standard InChI is InChI=1S/C13H28N2/c1-11-5-6-12(2)15(9-11)8-7-13(3,4)10-14/h11-12H,5-10,14H2,1-4H3. The first-order valence-electron chi connectivity index (χ1n) is 6.39. The van der Waals surface area contributed by atoms with E-state index in [0.29, 0.717) is 5.41 Å². The summed E-state index contributed by atoms with van der Waals surface area (Å²) in [5.74, 6) is 0.877. The van der Waals surface area contributed by atoms with Crippen molar-refractivity contribution in [1.29, 1.82) is 0 Å². The van der Waals surface area contributed by atoms with Gasteiger partial charge in [0.2, 0.25) is 0 Å². The zero-order chi connectivity index (χ0) is 11.5. The lowest BCUT2D eigenvalue weighted by atomic mass is 9.88. The Morgan fingerprint density at radius 1 is 1.27 bits per heavy atom. The van der Waals surface area contributed by atoms with Crippen LogP contribution < -0.4 is 5.73 Å². The minimum absolute atomic E-state index is 0.306. The molecule has 1 fully saturated rings. The van der Waals surface area contributed by atoms with Gasteiger partial charge in [0.15, 0.2) is 0 Å². The molecule has 1 aliphatic rings. The number of likely N-dealkylation sites (tertiary alicyclic amines) is 1. The Kier molecular flexibility index (Phi) is 4.60. The van der Waals surface area contributed by atoms with E-state index in [-0.39, 0.29) is 0 Å². The second-order valence-corrected chi connectivity index (χ2v) is 6.14. The van der Waals surface area contributed by atoms with Crippen LogP contribution in [-0.4, -0.2) is 30.6 Å². The van der Waals surface area contributed by atoms with Gasteiger partial charge in [-0.2, -0.15) is 0 Å². The fraction of sp³-hybridized carbons (Fsp3) is 1.00. The van der Waals surface area contributed by atoms with E-state index in [1.165, 1.54) is 32.4 Å². The summed E-state index contributed by atoms with van der Waals surface area (Å²) in [5.41, 5.74) is 6.07. The lowest BCUT2D eigenvalue weighted by Gasteiger charge is -2.38. The molecule has 2 N–H and O–H groups in total. The molecule has 0 aromatic heterocycles. The Morgan fingerprint density at radius 3 is 2.53 bits per heavy atom. The largest absolute Gasteiger partial charge is 0.330 e. The molecule has 0 radical (unpaired) electrons. The Balaban J connectivity index is 2.36. The maximum Gasteiger partial charge on any atom is 0.00671 e. The molecule has 0 amide bonds. The minimum Gasteiger partial charge on any atom is -0.330 e. The molecular formula is C13H28N2. The summed E-state index contributed by atoms with van der Waals surface area (Å²) < 4.78 is 0. The van der Waals surface area contributed by atoms with Crippen LogP contribution in [0.3, 0.4) is 0 Å². The molecule has 1 heterocycles. The molecule has 2 heteroatoms. The Hall–Kier alpha value is -0.0800. The molecule has 2 unspecified atom stereocenters. The lowest BCUT2D eigenvalue weighted by molar-refractivity contribution is 0.108. The van der Waals surface area contributed by atoms with Crippen molar-refractivity contribution in [2.45, 2.75) is 53.0 Å².